The van der Waals surface area contributed by atoms with Crippen molar-refractivity contribution < 1.29 is 4.48 Å². The second-order valence-corrected chi connectivity index (χ2v) is 6.25. The number of nitrogens with zero attached hydrogens (tertiary/aromatic N) is 1. The quantitative estimate of drug-likeness (QED) is 0.551. The van der Waals surface area contributed by atoms with Gasteiger partial charge in [0, 0.05) is 4.83 Å². The van der Waals surface area contributed by atoms with Crippen molar-refractivity contribution in [1.82, 2.24) is 0 Å². The van der Waals surface area contributed by atoms with Crippen LogP contribution in [-0.4, -0.2) is 41.3 Å². The largest absolute Gasteiger partial charge is 0.328 e. The Kier molecular flexibility index (Phi) is 5.23. The molecule has 11 heavy (non-hydrogen) atoms. The van der Waals surface area contributed by atoms with Gasteiger partial charge in [0.05, 0.1) is 32.0 Å². The maximum Gasteiger partial charge on any atom is 0.0920 e. The summed E-state index contributed by atoms with van der Waals surface area (Å²) in [4.78, 5) is 1.11. The normalized spacial score (nSPS) is 18.0. The van der Waals surface area contributed by atoms with Crippen LogP contribution in [0.1, 0.15) is 13.8 Å². The number of halogens is 2. The Morgan fingerprint density at radius 3 is 2.00 bits per heavy atom. The molecule has 0 amide bonds. The van der Waals surface area contributed by atoms with Crippen LogP contribution in [0.25, 0.3) is 0 Å². The highest BCUT2D eigenvalue weighted by Crippen LogP contribution is 2.16. The maximum absolute atomic E-state index is 3.66. The maximum atomic E-state index is 3.66. The van der Waals surface area contributed by atoms with Gasteiger partial charge in [-0.05, 0) is 6.92 Å². The first-order chi connectivity index (χ1) is 4.89. The minimum Gasteiger partial charge on any atom is -0.328 e. The van der Waals surface area contributed by atoms with Crippen LogP contribution >= 0.6 is 31.9 Å². The first kappa shape index (κ1) is 11.9. The van der Waals surface area contributed by atoms with Crippen LogP contribution in [0.4, 0.5) is 0 Å². The van der Waals surface area contributed by atoms with Crippen LogP contribution in [0.15, 0.2) is 0 Å². The molecule has 1 nitrogen and oxygen atoms in total. The fraction of sp³-hybridized carbons (Fsp3) is 1.00. The number of hydrogen-bond donors (Lipinski definition) is 0. The number of alkyl halides is 2. The van der Waals surface area contributed by atoms with Gasteiger partial charge in [0.2, 0.25) is 0 Å². The van der Waals surface area contributed by atoms with Crippen molar-refractivity contribution >= 4 is 31.9 Å². The number of quaternary nitrogens is 1. The van der Waals surface area contributed by atoms with Gasteiger partial charge in [-0.1, -0.05) is 38.8 Å². The Morgan fingerprint density at radius 1 is 1.27 bits per heavy atom. The van der Waals surface area contributed by atoms with Crippen LogP contribution in [0, 0.1) is 0 Å². The van der Waals surface area contributed by atoms with E-state index in [-0.39, 0.29) is 0 Å². The van der Waals surface area contributed by atoms with Crippen molar-refractivity contribution in [1.29, 1.82) is 0 Å². The third-order valence-corrected chi connectivity index (χ3v) is 4.45. The molecule has 2 atom stereocenters. The first-order valence-corrected chi connectivity index (χ1v) is 5.82. The van der Waals surface area contributed by atoms with E-state index < -0.39 is 0 Å². The predicted octanol–water partition coefficient (Wildman–Crippen LogP) is 2.63. The molecule has 2 unspecified atom stereocenters. The lowest BCUT2D eigenvalue weighted by atomic mass is 10.3. The highest BCUT2D eigenvalue weighted by molar-refractivity contribution is 9.12. The highest BCUT2D eigenvalue weighted by atomic mass is 79.9. The molecule has 0 aromatic rings. The zero-order valence-corrected chi connectivity index (χ0v) is 10.9. The predicted molar refractivity (Wildman–Crippen MR) is 58.6 cm³/mol. The van der Waals surface area contributed by atoms with Crippen LogP contribution in [0.5, 0.6) is 0 Å². The van der Waals surface area contributed by atoms with Crippen LogP contribution in [0.2, 0.25) is 0 Å². The minimum atomic E-state index is 0.548. The monoisotopic (exact) mass is 286 g/mol. The number of hydrogen-bond acceptors (Lipinski definition) is 0. The number of rotatable bonds is 4. The van der Waals surface area contributed by atoms with Gasteiger partial charge in [-0.15, -0.1) is 0 Å². The van der Waals surface area contributed by atoms with E-state index in [1.807, 2.05) is 0 Å². The van der Waals surface area contributed by atoms with E-state index in [0.29, 0.717) is 9.65 Å². The molecule has 0 aliphatic carbocycles. The zero-order chi connectivity index (χ0) is 9.07. The van der Waals surface area contributed by atoms with Crippen molar-refractivity contribution in [2.75, 3.05) is 27.2 Å². The molecular formula is C8H18Br2N+. The summed E-state index contributed by atoms with van der Waals surface area (Å²) in [6, 6.07) is 0. The molecule has 0 fully saturated rings. The first-order valence-electron chi connectivity index (χ1n) is 3.99. The summed E-state index contributed by atoms with van der Waals surface area (Å²) in [6.07, 6.45) is 0. The lowest BCUT2D eigenvalue weighted by Crippen LogP contribution is -2.45. The van der Waals surface area contributed by atoms with Gasteiger partial charge >= 0.3 is 0 Å². The Morgan fingerprint density at radius 2 is 1.73 bits per heavy atom. The molecular weight excluding hydrogens is 270 g/mol. The topological polar surface area (TPSA) is 0 Å². The molecule has 0 aromatic heterocycles. The van der Waals surface area contributed by atoms with E-state index in [1.165, 1.54) is 13.1 Å². The molecule has 0 spiro atoms. The van der Waals surface area contributed by atoms with Crippen molar-refractivity contribution in [3.8, 4) is 0 Å². The summed E-state index contributed by atoms with van der Waals surface area (Å²) in [7, 11) is 4.51. The molecule has 68 valence electrons. The van der Waals surface area contributed by atoms with E-state index >= 15 is 0 Å². The zero-order valence-electron chi connectivity index (χ0n) is 7.77. The summed E-state index contributed by atoms with van der Waals surface area (Å²) in [5.74, 6) is 0. The lowest BCUT2D eigenvalue weighted by Gasteiger charge is -2.31. The summed E-state index contributed by atoms with van der Waals surface area (Å²) < 4.78 is 1.08. The summed E-state index contributed by atoms with van der Waals surface area (Å²) in [6.45, 7) is 6.75. The Hall–Kier alpha value is 0.920. The molecule has 0 saturated carbocycles. The standard InChI is InChI=1S/C8H18Br2N/c1-5-11(3,4)6-8(10)7(2)9/h7-8H,5-6H2,1-4H3/q+1. The van der Waals surface area contributed by atoms with Crippen molar-refractivity contribution in [2.24, 2.45) is 0 Å². The Balaban J connectivity index is 3.83. The molecule has 0 bridgehead atoms. The van der Waals surface area contributed by atoms with Crippen molar-refractivity contribution in [3.63, 3.8) is 0 Å². The summed E-state index contributed by atoms with van der Waals surface area (Å²) >= 11 is 7.22. The smallest absolute Gasteiger partial charge is 0.0920 e. The van der Waals surface area contributed by atoms with E-state index in [2.05, 4.69) is 59.8 Å². The van der Waals surface area contributed by atoms with Crippen LogP contribution < -0.4 is 0 Å². The van der Waals surface area contributed by atoms with Crippen molar-refractivity contribution in [2.45, 2.75) is 23.5 Å². The fourth-order valence-electron chi connectivity index (χ4n) is 0.747. The second-order valence-electron chi connectivity index (χ2n) is 3.63. The molecule has 0 aliphatic heterocycles. The van der Waals surface area contributed by atoms with E-state index in [1.54, 1.807) is 0 Å². The molecule has 0 aromatic carbocycles. The summed E-state index contributed by atoms with van der Waals surface area (Å²) in [5.41, 5.74) is 0. The molecule has 0 N–H and O–H groups in total. The van der Waals surface area contributed by atoms with Gasteiger partial charge < -0.3 is 4.48 Å². The molecule has 0 aliphatic rings. The highest BCUT2D eigenvalue weighted by Gasteiger charge is 2.21. The van der Waals surface area contributed by atoms with Gasteiger partial charge in [-0.2, -0.15) is 0 Å². The van der Waals surface area contributed by atoms with E-state index in [4.69, 9.17) is 0 Å². The van der Waals surface area contributed by atoms with E-state index in [0.717, 1.165) is 4.48 Å². The average molecular weight is 288 g/mol. The SMILES string of the molecule is CC[N+](C)(C)CC(Br)C(C)Br. The molecule has 3 heteroatoms. The second kappa shape index (κ2) is 4.83. The lowest BCUT2D eigenvalue weighted by molar-refractivity contribution is -0.887. The summed E-state index contributed by atoms with van der Waals surface area (Å²) in [5, 5.41) is 0. The van der Waals surface area contributed by atoms with Gasteiger partial charge in [-0.3, -0.25) is 0 Å². The Bertz CT molecular complexity index is 113. The van der Waals surface area contributed by atoms with E-state index in [9.17, 15) is 0 Å². The Labute approximate surface area is 87.0 Å². The minimum absolute atomic E-state index is 0.548. The van der Waals surface area contributed by atoms with Gasteiger partial charge in [0.15, 0.2) is 0 Å². The third-order valence-electron chi connectivity index (χ3n) is 2.02. The molecule has 0 radical (unpaired) electrons. The molecule has 0 rings (SSSR count). The third kappa shape index (κ3) is 5.21. The van der Waals surface area contributed by atoms with Crippen molar-refractivity contribution in [3.05, 3.63) is 0 Å². The van der Waals surface area contributed by atoms with Crippen LogP contribution in [-0.2, 0) is 0 Å². The molecule has 0 heterocycles. The van der Waals surface area contributed by atoms with Crippen LogP contribution in [0.3, 0.4) is 0 Å². The molecule has 0 saturated heterocycles. The van der Waals surface area contributed by atoms with Gasteiger partial charge in [0.25, 0.3) is 0 Å². The van der Waals surface area contributed by atoms with Gasteiger partial charge in [-0.25, -0.2) is 0 Å². The van der Waals surface area contributed by atoms with Gasteiger partial charge in [0.1, 0.15) is 0 Å². The average Bonchev–Trinajstić information content (AvgIpc) is 1.87. The fourth-order valence-corrected chi connectivity index (χ4v) is 1.70.